The minimum Gasteiger partial charge on any atom is -0.379 e. The number of nitrogens with one attached hydrogen (secondary N) is 12. The van der Waals surface area contributed by atoms with Gasteiger partial charge in [0, 0.05) is 151 Å². The number of para-hydroxylation sites is 3. The Bertz CT molecular complexity index is 4800. The zero-order valence-corrected chi connectivity index (χ0v) is 68.8. The molecule has 3 fully saturated rings. The molecule has 40 nitrogen and oxygen atoms in total. The summed E-state index contributed by atoms with van der Waals surface area (Å²) in [7, 11) is 0. The highest BCUT2D eigenvalue weighted by molar-refractivity contribution is 6.14. The van der Waals surface area contributed by atoms with Crippen molar-refractivity contribution in [3.8, 4) is 18.2 Å². The van der Waals surface area contributed by atoms with Crippen molar-refractivity contribution < 1.29 is 112 Å². The third-order valence-electron chi connectivity index (χ3n) is 19.9. The summed E-state index contributed by atoms with van der Waals surface area (Å²) in [6.07, 6.45) is -0.929. The molecule has 0 radical (unpaired) electrons. The van der Waals surface area contributed by atoms with Gasteiger partial charge < -0.3 is 98.4 Å². The van der Waals surface area contributed by atoms with E-state index in [1.54, 1.807) is 18.2 Å². The van der Waals surface area contributed by atoms with Crippen molar-refractivity contribution in [3.05, 3.63) is 108 Å². The number of carbonyl (C=O) groups is 15. The van der Waals surface area contributed by atoms with Gasteiger partial charge in [-0.2, -0.15) is 15.8 Å². The van der Waals surface area contributed by atoms with E-state index in [-0.39, 0.29) is 203 Å². The molecule has 15 amide bonds. The highest BCUT2D eigenvalue weighted by Crippen LogP contribution is 2.35. The van der Waals surface area contributed by atoms with Crippen LogP contribution < -0.4 is 69.5 Å². The SMILES string of the molecule is N#C[C@@H]1CC(F)(F)CN1C(=O)CNC(=O)c1ccnc2c(NC(=O)CCC(=O)NCCNC(=O)CCOCC(N)(COCCC(=O)NCCNC(=O)CCC(=O)Nc3cccc4c(C(=O)NCC(=O)N5CC(F)(F)C[C@H]5C#N)ccnc34)COCCC(=O)NCCNC(=O)CCC(=O)Nc3cccc4c(C(=O)NCC(=O)N5CC(F)(F)C[C@H]5C#N)ccnc34)cccc12. The molecule has 14 N–H and O–H groups in total. The highest BCUT2D eigenvalue weighted by Gasteiger charge is 2.50. The van der Waals surface area contributed by atoms with Crippen molar-refractivity contribution >= 4 is 138 Å². The van der Waals surface area contributed by atoms with Gasteiger partial charge in [-0.25, -0.2) is 26.3 Å². The maximum Gasteiger partial charge on any atom is 0.268 e. The summed E-state index contributed by atoms with van der Waals surface area (Å²) in [5.41, 5.74) is 6.45. The van der Waals surface area contributed by atoms with Crippen LogP contribution in [0.15, 0.2) is 91.4 Å². The first-order valence-electron chi connectivity index (χ1n) is 40.3. The third-order valence-corrected chi connectivity index (χ3v) is 19.9. The Morgan fingerprint density at radius 3 is 0.859 bits per heavy atom. The second-order valence-corrected chi connectivity index (χ2v) is 29.9. The average Bonchev–Trinajstić information content (AvgIpc) is 1.44. The number of anilines is 3. The molecule has 3 aliphatic heterocycles. The lowest BCUT2D eigenvalue weighted by Gasteiger charge is -2.29. The van der Waals surface area contributed by atoms with E-state index in [4.69, 9.17) is 19.9 Å². The number of aromatic nitrogens is 3. The maximum absolute atomic E-state index is 13.9. The van der Waals surface area contributed by atoms with Crippen LogP contribution in [0.1, 0.15) is 108 Å². The van der Waals surface area contributed by atoms with Crippen LogP contribution in [0.2, 0.25) is 0 Å². The molecule has 9 rings (SSSR count). The molecule has 680 valence electrons. The zero-order chi connectivity index (χ0) is 92.7. The zero-order valence-electron chi connectivity index (χ0n) is 68.8. The van der Waals surface area contributed by atoms with Gasteiger partial charge in [0.2, 0.25) is 70.9 Å². The van der Waals surface area contributed by atoms with Crippen molar-refractivity contribution in [3.63, 3.8) is 0 Å². The van der Waals surface area contributed by atoms with Crippen molar-refractivity contribution in [2.75, 3.05) is 134 Å². The molecular weight excluding hydrogens is 1700 g/mol. The number of benzene rings is 3. The van der Waals surface area contributed by atoms with Gasteiger partial charge in [-0.05, 0) is 36.4 Å². The first-order chi connectivity index (χ1) is 61.1. The normalized spacial score (nSPS) is 15.8. The van der Waals surface area contributed by atoms with Gasteiger partial charge in [0.05, 0.1) is 153 Å². The van der Waals surface area contributed by atoms with Gasteiger partial charge in [0.15, 0.2) is 0 Å². The minimum absolute atomic E-state index is 0.0301. The second-order valence-electron chi connectivity index (χ2n) is 29.9. The fourth-order valence-electron chi connectivity index (χ4n) is 13.6. The predicted octanol–water partition coefficient (Wildman–Crippen LogP) is 0.971. The molecule has 0 unspecified atom stereocenters. The number of fused-ring (bicyclic) bond motifs is 3. The number of ether oxygens (including phenoxy) is 3. The molecule has 3 atom stereocenters. The molecule has 0 bridgehead atoms. The fraction of sp³-hybridized carbons (Fsp3) is 0.451. The van der Waals surface area contributed by atoms with Crippen LogP contribution in [0.25, 0.3) is 32.7 Å². The summed E-state index contributed by atoms with van der Waals surface area (Å²) in [5, 5.41) is 59.3. The summed E-state index contributed by atoms with van der Waals surface area (Å²) in [6, 6.07) is 18.6. The van der Waals surface area contributed by atoms with Gasteiger partial charge in [-0.15, -0.1) is 0 Å². The second kappa shape index (κ2) is 46.2. The number of nitrogens with zero attached hydrogens (tertiary/aromatic N) is 9. The Balaban J connectivity index is 0.669. The first kappa shape index (κ1) is 97.6. The summed E-state index contributed by atoms with van der Waals surface area (Å²) in [4.78, 5) is 209. The van der Waals surface area contributed by atoms with Gasteiger partial charge >= 0.3 is 0 Å². The lowest BCUT2D eigenvalue weighted by Crippen LogP contribution is -2.53. The predicted molar refractivity (Wildman–Crippen MR) is 439 cm³/mol. The molecule has 3 aliphatic rings. The van der Waals surface area contributed by atoms with Crippen LogP contribution >= 0.6 is 0 Å². The van der Waals surface area contributed by atoms with E-state index in [2.05, 4.69) is 78.8 Å². The largest absolute Gasteiger partial charge is 0.379 e. The number of halogens is 6. The van der Waals surface area contributed by atoms with Crippen LogP contribution in [0.5, 0.6) is 0 Å². The van der Waals surface area contributed by atoms with Crippen molar-refractivity contribution in [2.45, 2.75) is 118 Å². The lowest BCUT2D eigenvalue weighted by molar-refractivity contribution is -0.132. The maximum atomic E-state index is 13.9. The van der Waals surface area contributed by atoms with Crippen molar-refractivity contribution in [1.29, 1.82) is 15.8 Å². The van der Waals surface area contributed by atoms with Crippen LogP contribution in [0, 0.1) is 34.0 Å². The van der Waals surface area contributed by atoms with Crippen molar-refractivity contribution in [1.82, 2.24) is 77.5 Å². The number of hydrogen-bond donors (Lipinski definition) is 13. The van der Waals surface area contributed by atoms with Crippen LogP contribution in [0.4, 0.5) is 43.4 Å². The van der Waals surface area contributed by atoms with Crippen LogP contribution in [-0.4, -0.2) is 278 Å². The fourth-order valence-corrected chi connectivity index (χ4v) is 13.6. The standard InChI is InChI=1S/C82H92F6N22O18/c83-80(84)34-49(37-89)108(43-80)70(120)40-102-76(123)55-16-22-99-73-52(55)4-1-7-58(73)105-67(117)13-10-61(111)93-25-28-96-64(114)19-31-126-46-79(92,47-127-32-20-65(115)97-29-26-94-62(112)11-14-68(118)106-59-8-2-5-53-56(17-23-100-74(53)59)77(124)103-41-71(121)109-44-81(85,86)35-50(109)38-90)48-128-33-21-66(116)98-30-27-95-63(113)12-15-69(119)107-60-9-3-6-54-57(18-24-101-75(54)60)78(125)104-42-72(122)110-45-82(87,88)36-51(110)39-91/h1-9,16-18,22-24,49-51H,10-15,19-21,25-36,40-48,92H2,(H,93,111)(H,94,112)(H,95,113)(H,96,114)(H,97,115)(H,98,116)(H,102,123)(H,103,124)(H,104,125)(H,105,117)(H,106,118)(H,107,119)/t49-,50-,51-/m0/s1. The van der Waals surface area contributed by atoms with E-state index in [1.165, 1.54) is 91.4 Å². The number of alkyl halides is 6. The Morgan fingerprint density at radius 2 is 0.609 bits per heavy atom. The van der Waals surface area contributed by atoms with Crippen LogP contribution in [0.3, 0.4) is 0 Å². The smallest absolute Gasteiger partial charge is 0.268 e. The number of nitrogens with two attached hydrogens (primary N) is 1. The summed E-state index contributed by atoms with van der Waals surface area (Å²) < 4.78 is 101. The van der Waals surface area contributed by atoms with Gasteiger partial charge in [-0.1, -0.05) is 36.4 Å². The first-order valence-corrected chi connectivity index (χ1v) is 40.3. The molecular formula is C82H92F6N22O18. The number of amides is 15. The molecule has 0 saturated carbocycles. The van der Waals surface area contributed by atoms with E-state index >= 15 is 0 Å². The van der Waals surface area contributed by atoms with Crippen LogP contribution in [-0.2, 0) is 71.7 Å². The van der Waals surface area contributed by atoms with E-state index in [1.807, 2.05) is 0 Å². The van der Waals surface area contributed by atoms with Crippen molar-refractivity contribution in [2.24, 2.45) is 5.73 Å². The minimum atomic E-state index is -3.25. The van der Waals surface area contributed by atoms with Gasteiger partial charge in [0.25, 0.3) is 35.5 Å². The molecule has 0 spiro atoms. The molecule has 6 heterocycles. The number of hydrogen-bond acceptors (Lipinski definition) is 25. The quantitative estimate of drug-likeness (QED) is 0.0187. The number of rotatable bonds is 45. The molecule has 128 heavy (non-hydrogen) atoms. The summed E-state index contributed by atoms with van der Waals surface area (Å²) in [6.45, 7) is -6.51. The number of carbonyl (C=O) groups excluding carboxylic acids is 15. The Kier molecular flexibility index (Phi) is 35.2. The van der Waals surface area contributed by atoms with E-state index < -0.39 is 189 Å². The lowest BCUT2D eigenvalue weighted by atomic mass is 10.1. The molecule has 3 aromatic heterocycles. The van der Waals surface area contributed by atoms with E-state index in [0.717, 1.165) is 0 Å². The Morgan fingerprint density at radius 1 is 0.367 bits per heavy atom. The third kappa shape index (κ3) is 29.2. The van der Waals surface area contributed by atoms with Gasteiger partial charge in [-0.3, -0.25) is 86.9 Å². The topological polar surface area (TPSA) is 574 Å². The molecule has 3 saturated heterocycles. The van der Waals surface area contributed by atoms with Gasteiger partial charge in [0.1, 0.15) is 18.1 Å². The summed E-state index contributed by atoms with van der Waals surface area (Å²) >= 11 is 0. The number of likely N-dealkylation sites (tertiary alicyclic amines) is 3. The molecule has 0 aliphatic carbocycles. The Hall–Kier alpha value is -14.2. The number of nitriles is 3. The highest BCUT2D eigenvalue weighted by atomic mass is 19.3. The molecule has 6 aromatic rings. The average molecular weight is 1790 g/mol. The molecule has 46 heteroatoms. The monoisotopic (exact) mass is 1790 g/mol. The Labute approximate surface area is 725 Å². The number of pyridine rings is 3. The van der Waals surface area contributed by atoms with E-state index in [0.29, 0.717) is 14.7 Å². The summed E-state index contributed by atoms with van der Waals surface area (Å²) in [5.74, 6) is -19.6. The van der Waals surface area contributed by atoms with E-state index in [9.17, 15) is 114 Å². The molecule has 3 aromatic carbocycles.